The number of nitrogens with one attached hydrogen (secondary N) is 1. The predicted molar refractivity (Wildman–Crippen MR) is 122 cm³/mol. The average molecular weight is 420 g/mol. The Kier molecular flexibility index (Phi) is 6.76. The number of guanidine groups is 1. The Morgan fingerprint density at radius 3 is 2.74 bits per heavy atom. The van der Waals surface area contributed by atoms with Crippen molar-refractivity contribution in [2.75, 3.05) is 44.2 Å². The van der Waals surface area contributed by atoms with Crippen LogP contribution in [0.1, 0.15) is 18.3 Å². The van der Waals surface area contributed by atoms with Gasteiger partial charge in [0.2, 0.25) is 0 Å². The number of aryl methyl sites for hydroxylation is 1. The maximum Gasteiger partial charge on any atom is 0.276 e. The lowest BCUT2D eigenvalue weighted by atomic mass is 10.2. The second-order valence-corrected chi connectivity index (χ2v) is 7.53. The third kappa shape index (κ3) is 5.39. The number of benzene rings is 1. The van der Waals surface area contributed by atoms with E-state index in [9.17, 15) is 0 Å². The van der Waals surface area contributed by atoms with Gasteiger partial charge >= 0.3 is 0 Å². The first kappa shape index (κ1) is 20.8. The molecule has 1 aliphatic heterocycles. The van der Waals surface area contributed by atoms with Crippen LogP contribution in [0, 0.1) is 6.92 Å². The summed E-state index contributed by atoms with van der Waals surface area (Å²) in [5, 5.41) is 7.48. The number of aliphatic imine (C=N–C) groups is 1. The Morgan fingerprint density at radius 2 is 2.00 bits per heavy atom. The highest BCUT2D eigenvalue weighted by Crippen LogP contribution is 2.18. The van der Waals surface area contributed by atoms with Gasteiger partial charge in [0.05, 0.1) is 0 Å². The van der Waals surface area contributed by atoms with Gasteiger partial charge in [-0.25, -0.2) is 0 Å². The number of rotatable bonds is 6. The lowest BCUT2D eigenvalue weighted by molar-refractivity contribution is 0.372. The van der Waals surface area contributed by atoms with Crippen molar-refractivity contribution in [1.82, 2.24) is 25.3 Å². The van der Waals surface area contributed by atoms with Crippen LogP contribution in [0.15, 0.2) is 58.2 Å². The van der Waals surface area contributed by atoms with Gasteiger partial charge in [0.15, 0.2) is 11.8 Å². The zero-order chi connectivity index (χ0) is 21.5. The molecule has 0 amide bonds. The van der Waals surface area contributed by atoms with Gasteiger partial charge in [-0.2, -0.15) is 4.98 Å². The molecule has 1 N–H and O–H groups in total. The van der Waals surface area contributed by atoms with Gasteiger partial charge in [0.25, 0.3) is 5.89 Å². The number of hydrogen-bond donors (Lipinski definition) is 1. The maximum absolute atomic E-state index is 5.33. The second-order valence-electron chi connectivity index (χ2n) is 7.53. The number of anilines is 1. The van der Waals surface area contributed by atoms with Crippen molar-refractivity contribution >= 4 is 11.6 Å². The fourth-order valence-electron chi connectivity index (χ4n) is 3.64. The van der Waals surface area contributed by atoms with Crippen LogP contribution in [-0.4, -0.2) is 65.3 Å². The quantitative estimate of drug-likeness (QED) is 0.486. The van der Waals surface area contributed by atoms with Crippen LogP contribution in [-0.2, 0) is 6.42 Å². The molecule has 2 aromatic heterocycles. The summed E-state index contributed by atoms with van der Waals surface area (Å²) in [6.45, 7) is 9.50. The predicted octanol–water partition coefficient (Wildman–Crippen LogP) is 2.77. The highest BCUT2D eigenvalue weighted by Gasteiger charge is 2.20. The Bertz CT molecular complexity index is 994. The van der Waals surface area contributed by atoms with Crippen LogP contribution in [0.4, 0.5) is 5.69 Å². The number of piperazine rings is 1. The molecule has 0 aliphatic carbocycles. The van der Waals surface area contributed by atoms with E-state index in [0.717, 1.165) is 38.7 Å². The first-order chi connectivity index (χ1) is 15.2. The van der Waals surface area contributed by atoms with Crippen molar-refractivity contribution in [3.05, 3.63) is 60.0 Å². The van der Waals surface area contributed by atoms with E-state index in [-0.39, 0.29) is 0 Å². The summed E-state index contributed by atoms with van der Waals surface area (Å²) in [6.07, 6.45) is 2.33. The summed E-state index contributed by atoms with van der Waals surface area (Å²) in [5.41, 5.74) is 3.27. The molecular weight excluding hydrogens is 390 g/mol. The first-order valence-corrected chi connectivity index (χ1v) is 10.8. The fourth-order valence-corrected chi connectivity index (χ4v) is 3.64. The van der Waals surface area contributed by atoms with Crippen LogP contribution < -0.4 is 10.2 Å². The van der Waals surface area contributed by atoms with Gasteiger partial charge in [-0.3, -0.25) is 9.98 Å². The van der Waals surface area contributed by atoms with Crippen molar-refractivity contribution in [3.8, 4) is 11.6 Å². The number of hydrogen-bond acceptors (Lipinski definition) is 6. The van der Waals surface area contributed by atoms with Gasteiger partial charge in [-0.1, -0.05) is 23.4 Å². The van der Waals surface area contributed by atoms with Crippen LogP contribution in [0.3, 0.4) is 0 Å². The SMILES string of the molecule is CCNC(=NCCc1noc(-c2ccccn2)n1)N1CCN(c2cccc(C)c2)CC1. The van der Waals surface area contributed by atoms with Gasteiger partial charge in [0.1, 0.15) is 5.69 Å². The molecule has 1 fully saturated rings. The molecule has 0 radical (unpaired) electrons. The Hall–Kier alpha value is -3.42. The molecule has 8 heteroatoms. The van der Waals surface area contributed by atoms with E-state index in [1.165, 1.54) is 11.3 Å². The van der Waals surface area contributed by atoms with Crippen molar-refractivity contribution in [1.29, 1.82) is 0 Å². The maximum atomic E-state index is 5.33. The van der Waals surface area contributed by atoms with Gasteiger partial charge in [0, 0.05) is 57.6 Å². The molecule has 0 bridgehead atoms. The first-order valence-electron chi connectivity index (χ1n) is 10.8. The summed E-state index contributed by atoms with van der Waals surface area (Å²) in [7, 11) is 0. The van der Waals surface area contributed by atoms with Gasteiger partial charge in [-0.05, 0) is 43.7 Å². The molecule has 1 aliphatic rings. The Morgan fingerprint density at radius 1 is 1.13 bits per heavy atom. The van der Waals surface area contributed by atoms with Gasteiger partial charge < -0.3 is 19.6 Å². The number of nitrogens with zero attached hydrogens (tertiary/aromatic N) is 6. The Labute approximate surface area is 183 Å². The normalized spacial score (nSPS) is 14.7. The Balaban J connectivity index is 1.33. The highest BCUT2D eigenvalue weighted by molar-refractivity contribution is 5.80. The molecule has 0 saturated carbocycles. The minimum Gasteiger partial charge on any atom is -0.368 e. The standard InChI is InChI=1S/C23H29N7O/c1-3-24-23(30-15-13-29(14-16-30)19-8-6-7-18(2)17-19)26-12-10-21-27-22(31-28-21)20-9-4-5-11-25-20/h4-9,11,17H,3,10,12-16H2,1-2H3,(H,24,26). The zero-order valence-electron chi connectivity index (χ0n) is 18.2. The summed E-state index contributed by atoms with van der Waals surface area (Å²) in [5.74, 6) is 2.03. The lowest BCUT2D eigenvalue weighted by Gasteiger charge is -2.37. The van der Waals surface area contributed by atoms with E-state index in [4.69, 9.17) is 9.52 Å². The van der Waals surface area contributed by atoms with E-state index in [1.807, 2.05) is 18.2 Å². The molecule has 0 atom stereocenters. The fraction of sp³-hybridized carbons (Fsp3) is 0.391. The number of pyridine rings is 1. The molecule has 1 aromatic carbocycles. The van der Waals surface area contributed by atoms with Crippen LogP contribution in [0.25, 0.3) is 11.6 Å². The van der Waals surface area contributed by atoms with Crippen LogP contribution >= 0.6 is 0 Å². The molecule has 31 heavy (non-hydrogen) atoms. The minimum atomic E-state index is 0.443. The largest absolute Gasteiger partial charge is 0.368 e. The molecule has 0 unspecified atom stereocenters. The topological polar surface area (TPSA) is 82.7 Å². The van der Waals surface area contributed by atoms with E-state index in [2.05, 4.69) is 68.4 Å². The lowest BCUT2D eigenvalue weighted by Crippen LogP contribution is -2.52. The van der Waals surface area contributed by atoms with Crippen molar-refractivity contribution < 1.29 is 4.52 Å². The third-order valence-electron chi connectivity index (χ3n) is 5.23. The molecule has 4 rings (SSSR count). The molecular formula is C23H29N7O. The van der Waals surface area contributed by atoms with Crippen LogP contribution in [0.5, 0.6) is 0 Å². The van der Waals surface area contributed by atoms with Crippen molar-refractivity contribution in [2.24, 2.45) is 4.99 Å². The minimum absolute atomic E-state index is 0.443. The van der Waals surface area contributed by atoms with E-state index in [0.29, 0.717) is 30.4 Å². The monoisotopic (exact) mass is 419 g/mol. The zero-order valence-corrected chi connectivity index (χ0v) is 18.2. The van der Waals surface area contributed by atoms with Gasteiger partial charge in [-0.15, -0.1) is 0 Å². The summed E-state index contributed by atoms with van der Waals surface area (Å²) in [6, 6.07) is 14.3. The highest BCUT2D eigenvalue weighted by atomic mass is 16.5. The molecule has 8 nitrogen and oxygen atoms in total. The third-order valence-corrected chi connectivity index (χ3v) is 5.23. The molecule has 0 spiro atoms. The molecule has 162 valence electrons. The molecule has 3 aromatic rings. The van der Waals surface area contributed by atoms with E-state index < -0.39 is 0 Å². The molecule has 1 saturated heterocycles. The summed E-state index contributed by atoms with van der Waals surface area (Å²) in [4.78, 5) is 18.2. The number of aromatic nitrogens is 3. The molecule has 3 heterocycles. The van der Waals surface area contributed by atoms with Crippen molar-refractivity contribution in [2.45, 2.75) is 20.3 Å². The van der Waals surface area contributed by atoms with Crippen LogP contribution in [0.2, 0.25) is 0 Å². The smallest absolute Gasteiger partial charge is 0.276 e. The van der Waals surface area contributed by atoms with E-state index >= 15 is 0 Å². The average Bonchev–Trinajstić information content (AvgIpc) is 3.28. The summed E-state index contributed by atoms with van der Waals surface area (Å²) < 4.78 is 5.33. The second kappa shape index (κ2) is 10.1. The summed E-state index contributed by atoms with van der Waals surface area (Å²) >= 11 is 0. The van der Waals surface area contributed by atoms with Crippen molar-refractivity contribution in [3.63, 3.8) is 0 Å². The van der Waals surface area contributed by atoms with E-state index in [1.54, 1.807) is 6.20 Å².